The van der Waals surface area contributed by atoms with Crippen LogP contribution in [0.25, 0.3) is 0 Å². The van der Waals surface area contributed by atoms with Crippen LogP contribution in [0.4, 0.5) is 4.39 Å². The van der Waals surface area contributed by atoms with Gasteiger partial charge in [-0.15, -0.1) is 0 Å². The van der Waals surface area contributed by atoms with Gasteiger partial charge in [-0.2, -0.15) is 5.10 Å². The number of aromatic nitrogens is 3. The van der Waals surface area contributed by atoms with Crippen molar-refractivity contribution in [1.82, 2.24) is 19.7 Å². The van der Waals surface area contributed by atoms with Crippen molar-refractivity contribution >= 4 is 0 Å². The summed E-state index contributed by atoms with van der Waals surface area (Å²) in [5, 5.41) is 14.4. The lowest BCUT2D eigenvalue weighted by molar-refractivity contribution is 0.00149. The van der Waals surface area contributed by atoms with Crippen LogP contribution in [0.3, 0.4) is 0 Å². The Bertz CT molecular complexity index is 638. The Hall–Kier alpha value is -1.83. The predicted molar refractivity (Wildman–Crippen MR) is 91.2 cm³/mol. The molecule has 1 aromatic heterocycles. The topological polar surface area (TPSA) is 63.4 Å². The summed E-state index contributed by atoms with van der Waals surface area (Å²) >= 11 is 0. The monoisotopic (exact) mass is 348 g/mol. The van der Waals surface area contributed by atoms with Gasteiger partial charge in [0.15, 0.2) is 0 Å². The summed E-state index contributed by atoms with van der Waals surface area (Å²) in [5.74, 6) is 0.242. The molecule has 0 saturated carbocycles. The van der Waals surface area contributed by atoms with Crippen molar-refractivity contribution < 1.29 is 14.2 Å². The molecule has 0 unspecified atom stereocenters. The molecule has 25 heavy (non-hydrogen) atoms. The second kappa shape index (κ2) is 9.03. The van der Waals surface area contributed by atoms with Gasteiger partial charge in [0.1, 0.15) is 18.5 Å². The fourth-order valence-electron chi connectivity index (χ4n) is 3.33. The number of likely N-dealkylation sites (tertiary alicyclic amines) is 1. The summed E-state index contributed by atoms with van der Waals surface area (Å²) in [5.41, 5.74) is 0.514. The highest BCUT2D eigenvalue weighted by Gasteiger charge is 2.22. The zero-order valence-electron chi connectivity index (χ0n) is 14.3. The molecule has 6 nitrogen and oxygen atoms in total. The third-order valence-corrected chi connectivity index (χ3v) is 4.51. The van der Waals surface area contributed by atoms with Crippen LogP contribution in [0.5, 0.6) is 0 Å². The summed E-state index contributed by atoms with van der Waals surface area (Å²) in [6.07, 6.45) is 5.00. The first kappa shape index (κ1) is 18.0. The molecule has 0 radical (unpaired) electrons. The minimum absolute atomic E-state index is 0.179. The number of ether oxygens (including phenoxy) is 1. The average Bonchev–Trinajstić information content (AvgIpc) is 3.10. The van der Waals surface area contributed by atoms with Crippen molar-refractivity contribution in [3.63, 3.8) is 0 Å². The second-order valence-corrected chi connectivity index (χ2v) is 6.65. The molecular formula is C18H25FN4O2. The fraction of sp³-hybridized carbons (Fsp3) is 0.556. The van der Waals surface area contributed by atoms with E-state index in [0.717, 1.165) is 32.5 Å². The molecule has 2 atom stereocenters. The van der Waals surface area contributed by atoms with Gasteiger partial charge in [0.2, 0.25) is 0 Å². The number of aliphatic hydroxyl groups is 1. The van der Waals surface area contributed by atoms with E-state index < -0.39 is 6.10 Å². The highest BCUT2D eigenvalue weighted by Crippen LogP contribution is 2.18. The van der Waals surface area contributed by atoms with E-state index in [1.165, 1.54) is 6.07 Å². The van der Waals surface area contributed by atoms with Crippen molar-refractivity contribution in [2.75, 3.05) is 26.2 Å². The maximum Gasteiger partial charge on any atom is 0.137 e. The van der Waals surface area contributed by atoms with Crippen molar-refractivity contribution in [2.45, 2.75) is 32.1 Å². The fourth-order valence-corrected chi connectivity index (χ4v) is 3.33. The third kappa shape index (κ3) is 5.59. The SMILES string of the molecule is O[C@@H](COCc1ccccc1F)CN1CCC[C@H](Cn2cncn2)C1. The van der Waals surface area contributed by atoms with E-state index in [9.17, 15) is 9.50 Å². The standard InChI is InChI=1S/C18H25FN4O2/c19-18-6-2-1-5-16(18)11-25-12-17(24)10-22-7-3-4-15(8-22)9-23-14-20-13-21-23/h1-2,5-6,13-15,17,24H,3-4,7-12H2/t15-,17+/m0/s1. The van der Waals surface area contributed by atoms with E-state index in [2.05, 4.69) is 15.0 Å². The number of aliphatic hydroxyl groups excluding tert-OH is 1. The zero-order valence-corrected chi connectivity index (χ0v) is 14.3. The zero-order chi connectivity index (χ0) is 17.5. The molecule has 0 spiro atoms. The normalized spacial score (nSPS) is 19.8. The summed E-state index contributed by atoms with van der Waals surface area (Å²) in [4.78, 5) is 6.24. The molecule has 3 rings (SSSR count). The first-order valence-corrected chi connectivity index (χ1v) is 8.74. The van der Waals surface area contributed by atoms with E-state index in [0.29, 0.717) is 18.0 Å². The van der Waals surface area contributed by atoms with Crippen LogP contribution in [-0.4, -0.2) is 57.1 Å². The van der Waals surface area contributed by atoms with Crippen molar-refractivity contribution in [1.29, 1.82) is 0 Å². The highest BCUT2D eigenvalue weighted by atomic mass is 19.1. The summed E-state index contributed by atoms with van der Waals surface area (Å²) in [6, 6.07) is 6.54. The number of rotatable bonds is 8. The Morgan fingerprint density at radius 3 is 3.04 bits per heavy atom. The Labute approximate surface area is 147 Å². The van der Waals surface area contributed by atoms with E-state index in [1.807, 2.05) is 4.68 Å². The van der Waals surface area contributed by atoms with E-state index in [-0.39, 0.29) is 19.0 Å². The third-order valence-electron chi connectivity index (χ3n) is 4.51. The molecular weight excluding hydrogens is 323 g/mol. The maximum absolute atomic E-state index is 13.5. The molecule has 1 N–H and O–H groups in total. The highest BCUT2D eigenvalue weighted by molar-refractivity contribution is 5.16. The Kier molecular flexibility index (Phi) is 6.49. The van der Waals surface area contributed by atoms with Gasteiger partial charge >= 0.3 is 0 Å². The molecule has 0 amide bonds. The number of piperidine rings is 1. The summed E-state index contributed by atoms with van der Waals surface area (Å²) in [7, 11) is 0. The van der Waals surface area contributed by atoms with Gasteiger partial charge in [0.25, 0.3) is 0 Å². The number of β-amino-alcohol motifs (C(OH)–C–C–N with tert-alkyl or cyclic N) is 1. The van der Waals surface area contributed by atoms with Gasteiger partial charge < -0.3 is 14.7 Å². The van der Waals surface area contributed by atoms with Crippen LogP contribution in [0, 0.1) is 11.7 Å². The van der Waals surface area contributed by atoms with E-state index in [1.54, 1.807) is 30.9 Å². The first-order valence-electron chi connectivity index (χ1n) is 8.74. The molecule has 2 heterocycles. The van der Waals surface area contributed by atoms with E-state index in [4.69, 9.17) is 4.74 Å². The molecule has 7 heteroatoms. The molecule has 1 saturated heterocycles. The minimum Gasteiger partial charge on any atom is -0.389 e. The Morgan fingerprint density at radius 2 is 2.24 bits per heavy atom. The molecule has 136 valence electrons. The van der Waals surface area contributed by atoms with Crippen molar-refractivity contribution in [3.8, 4) is 0 Å². The van der Waals surface area contributed by atoms with Crippen molar-refractivity contribution in [3.05, 3.63) is 48.3 Å². The van der Waals surface area contributed by atoms with Gasteiger partial charge in [0.05, 0.1) is 19.3 Å². The first-order chi connectivity index (χ1) is 12.2. The maximum atomic E-state index is 13.5. The van der Waals surface area contributed by atoms with Crippen LogP contribution in [0.1, 0.15) is 18.4 Å². The number of halogens is 1. The van der Waals surface area contributed by atoms with Crippen molar-refractivity contribution in [2.24, 2.45) is 5.92 Å². The van der Waals surface area contributed by atoms with Gasteiger partial charge in [-0.3, -0.25) is 4.68 Å². The lowest BCUT2D eigenvalue weighted by atomic mass is 9.98. The second-order valence-electron chi connectivity index (χ2n) is 6.65. The Balaban J connectivity index is 1.38. The molecule has 1 aromatic carbocycles. The number of benzene rings is 1. The van der Waals surface area contributed by atoms with Crippen LogP contribution >= 0.6 is 0 Å². The largest absolute Gasteiger partial charge is 0.389 e. The Morgan fingerprint density at radius 1 is 1.36 bits per heavy atom. The minimum atomic E-state index is -0.572. The molecule has 1 aliphatic heterocycles. The van der Waals surface area contributed by atoms with Gasteiger partial charge in [-0.1, -0.05) is 18.2 Å². The number of hydrogen-bond acceptors (Lipinski definition) is 5. The lowest BCUT2D eigenvalue weighted by Gasteiger charge is -2.33. The predicted octanol–water partition coefficient (Wildman–Crippen LogP) is 1.71. The molecule has 1 fully saturated rings. The van der Waals surface area contributed by atoms with Crippen LogP contribution in [0.15, 0.2) is 36.9 Å². The van der Waals surface area contributed by atoms with Crippen LogP contribution in [0.2, 0.25) is 0 Å². The molecule has 1 aliphatic rings. The van der Waals surface area contributed by atoms with Gasteiger partial charge in [-0.05, 0) is 31.4 Å². The smallest absolute Gasteiger partial charge is 0.137 e. The van der Waals surface area contributed by atoms with Crippen LogP contribution in [-0.2, 0) is 17.9 Å². The average molecular weight is 348 g/mol. The van der Waals surface area contributed by atoms with Gasteiger partial charge in [-0.25, -0.2) is 9.37 Å². The molecule has 2 aromatic rings. The summed E-state index contributed by atoms with van der Waals surface area (Å²) in [6.45, 7) is 3.74. The van der Waals surface area contributed by atoms with Crippen LogP contribution < -0.4 is 0 Å². The summed E-state index contributed by atoms with van der Waals surface area (Å²) < 4.78 is 20.9. The van der Waals surface area contributed by atoms with Gasteiger partial charge in [0, 0.05) is 25.2 Å². The molecule has 0 aliphatic carbocycles. The van der Waals surface area contributed by atoms with E-state index >= 15 is 0 Å². The molecule has 0 bridgehead atoms. The lowest BCUT2D eigenvalue weighted by Crippen LogP contribution is -2.42. The number of hydrogen-bond donors (Lipinski definition) is 1. The quantitative estimate of drug-likeness (QED) is 0.787. The number of nitrogens with zero attached hydrogens (tertiary/aromatic N) is 4.